The highest BCUT2D eigenvalue weighted by Crippen LogP contribution is 2.28. The van der Waals surface area contributed by atoms with Crippen molar-refractivity contribution in [1.82, 2.24) is 0 Å². The van der Waals surface area contributed by atoms with Crippen LogP contribution in [0, 0.1) is 6.92 Å². The summed E-state index contributed by atoms with van der Waals surface area (Å²) in [6, 6.07) is 21.0. The number of aryl methyl sites for hydroxylation is 2. The molecule has 174 valence electrons. The van der Waals surface area contributed by atoms with E-state index in [-0.39, 0.29) is 10.3 Å². The molecule has 1 amide bonds. The second-order valence-electron chi connectivity index (χ2n) is 9.48. The van der Waals surface area contributed by atoms with E-state index in [0.29, 0.717) is 11.3 Å². The Morgan fingerprint density at radius 2 is 1.42 bits per heavy atom. The quantitative estimate of drug-likeness (QED) is 0.393. The van der Waals surface area contributed by atoms with Crippen LogP contribution >= 0.6 is 0 Å². The third kappa shape index (κ3) is 5.72. The third-order valence-corrected chi connectivity index (χ3v) is 7.46. The fourth-order valence-electron chi connectivity index (χ4n) is 3.59. The van der Waals surface area contributed by atoms with Gasteiger partial charge in [0.05, 0.1) is 10.6 Å². The third-order valence-electron chi connectivity index (χ3n) is 5.73. The molecule has 0 aromatic heterocycles. The predicted octanol–water partition coefficient (Wildman–Crippen LogP) is 6.67. The molecule has 0 aliphatic carbocycles. The Kier molecular flexibility index (Phi) is 7.43. The largest absolute Gasteiger partial charge is 0.272 e. The van der Waals surface area contributed by atoms with Crippen molar-refractivity contribution in [3.8, 4) is 0 Å². The first kappa shape index (κ1) is 24.7. The number of amides is 1. The van der Waals surface area contributed by atoms with Crippen molar-refractivity contribution in [1.29, 1.82) is 0 Å². The number of unbranched alkanes of at least 4 members (excludes halogenated alkanes) is 1. The van der Waals surface area contributed by atoms with Crippen molar-refractivity contribution >= 4 is 21.6 Å². The Balaban J connectivity index is 2.06. The smallest absolute Gasteiger partial charge is 0.268 e. The summed E-state index contributed by atoms with van der Waals surface area (Å²) in [7, 11) is -4.10. The Hall–Kier alpha value is -2.92. The van der Waals surface area contributed by atoms with Crippen LogP contribution in [-0.2, 0) is 21.9 Å². The minimum Gasteiger partial charge on any atom is -0.268 e. The van der Waals surface area contributed by atoms with Crippen LogP contribution in [0.4, 0.5) is 5.69 Å². The molecule has 0 atom stereocenters. The van der Waals surface area contributed by atoms with E-state index in [4.69, 9.17) is 0 Å². The average Bonchev–Trinajstić information content (AvgIpc) is 2.78. The van der Waals surface area contributed by atoms with E-state index in [1.54, 1.807) is 48.5 Å². The molecule has 0 aliphatic rings. The predicted molar refractivity (Wildman–Crippen MR) is 135 cm³/mol. The van der Waals surface area contributed by atoms with Gasteiger partial charge in [-0.2, -0.15) is 4.31 Å². The lowest BCUT2D eigenvalue weighted by Crippen LogP contribution is -2.37. The maximum atomic E-state index is 13.6. The van der Waals surface area contributed by atoms with E-state index < -0.39 is 15.9 Å². The summed E-state index contributed by atoms with van der Waals surface area (Å²) >= 11 is 0. The maximum absolute atomic E-state index is 13.6. The van der Waals surface area contributed by atoms with Gasteiger partial charge in [-0.1, -0.05) is 76.1 Å². The first-order chi connectivity index (χ1) is 15.5. The van der Waals surface area contributed by atoms with Crippen molar-refractivity contribution in [2.24, 2.45) is 0 Å². The lowest BCUT2D eigenvalue weighted by atomic mass is 9.87. The van der Waals surface area contributed by atoms with Gasteiger partial charge < -0.3 is 0 Å². The molecule has 0 aliphatic heterocycles. The molecule has 0 saturated heterocycles. The van der Waals surface area contributed by atoms with E-state index in [1.165, 1.54) is 0 Å². The van der Waals surface area contributed by atoms with Crippen molar-refractivity contribution in [2.75, 3.05) is 4.31 Å². The molecule has 0 saturated carbocycles. The first-order valence-corrected chi connectivity index (χ1v) is 12.8. The first-order valence-electron chi connectivity index (χ1n) is 11.4. The SMILES string of the molecule is CCCCc1ccc(N(C(=O)c2ccc(C(C)(C)C)cc2)S(=O)(=O)c2ccc(C)cc2)cc1. The van der Waals surface area contributed by atoms with Crippen molar-refractivity contribution < 1.29 is 13.2 Å². The normalized spacial score (nSPS) is 11.9. The minimum absolute atomic E-state index is 0.0659. The van der Waals surface area contributed by atoms with Crippen molar-refractivity contribution in [2.45, 2.75) is 64.2 Å². The molecule has 0 unspecified atom stereocenters. The topological polar surface area (TPSA) is 54.5 Å². The van der Waals surface area contributed by atoms with Gasteiger partial charge in [-0.05, 0) is 72.7 Å². The minimum atomic E-state index is -4.10. The van der Waals surface area contributed by atoms with Crippen LogP contribution in [-0.4, -0.2) is 14.3 Å². The van der Waals surface area contributed by atoms with Crippen LogP contribution in [0.2, 0.25) is 0 Å². The maximum Gasteiger partial charge on any atom is 0.272 e. The molecule has 5 heteroatoms. The number of sulfonamides is 1. The highest BCUT2D eigenvalue weighted by Gasteiger charge is 2.32. The van der Waals surface area contributed by atoms with Gasteiger partial charge in [-0.15, -0.1) is 0 Å². The van der Waals surface area contributed by atoms with Crippen LogP contribution in [0.3, 0.4) is 0 Å². The zero-order valence-electron chi connectivity index (χ0n) is 20.1. The van der Waals surface area contributed by atoms with Crippen LogP contribution in [0.1, 0.15) is 67.6 Å². The van der Waals surface area contributed by atoms with E-state index in [0.717, 1.165) is 40.3 Å². The fourth-order valence-corrected chi connectivity index (χ4v) is 5.00. The lowest BCUT2D eigenvalue weighted by molar-refractivity contribution is 0.101. The number of anilines is 1. The second kappa shape index (κ2) is 9.92. The monoisotopic (exact) mass is 463 g/mol. The van der Waals surface area contributed by atoms with Crippen molar-refractivity contribution in [3.05, 3.63) is 95.1 Å². The van der Waals surface area contributed by atoms with Crippen LogP contribution in [0.25, 0.3) is 0 Å². The number of nitrogens with zero attached hydrogens (tertiary/aromatic N) is 1. The van der Waals surface area contributed by atoms with E-state index in [2.05, 4.69) is 27.7 Å². The van der Waals surface area contributed by atoms with Crippen LogP contribution in [0.15, 0.2) is 77.7 Å². The molecule has 0 bridgehead atoms. The number of carbonyl (C=O) groups is 1. The number of hydrogen-bond donors (Lipinski definition) is 0. The molecule has 33 heavy (non-hydrogen) atoms. The van der Waals surface area contributed by atoms with E-state index >= 15 is 0 Å². The summed E-state index contributed by atoms with van der Waals surface area (Å²) in [5.74, 6) is -0.572. The summed E-state index contributed by atoms with van der Waals surface area (Å²) in [5, 5.41) is 0. The second-order valence-corrected chi connectivity index (χ2v) is 11.3. The van der Waals surface area contributed by atoms with Gasteiger partial charge in [-0.25, -0.2) is 8.42 Å². The van der Waals surface area contributed by atoms with Gasteiger partial charge in [0, 0.05) is 5.56 Å². The van der Waals surface area contributed by atoms with E-state index in [1.807, 2.05) is 31.2 Å². The fraction of sp³-hybridized carbons (Fsp3) is 0.321. The molecule has 0 fully saturated rings. The Labute approximate surface area is 198 Å². The molecule has 3 rings (SSSR count). The Bertz CT molecular complexity index is 1190. The summed E-state index contributed by atoms with van der Waals surface area (Å²) in [6.45, 7) is 10.3. The van der Waals surface area contributed by atoms with Crippen LogP contribution in [0.5, 0.6) is 0 Å². The molecule has 4 nitrogen and oxygen atoms in total. The zero-order valence-corrected chi connectivity index (χ0v) is 20.9. The van der Waals surface area contributed by atoms with Gasteiger partial charge in [0.15, 0.2) is 0 Å². The molecule has 0 radical (unpaired) electrons. The summed E-state index contributed by atoms with van der Waals surface area (Å²) < 4.78 is 28.2. The highest BCUT2D eigenvalue weighted by molar-refractivity contribution is 7.93. The Morgan fingerprint density at radius 1 is 0.848 bits per heavy atom. The molecule has 0 heterocycles. The van der Waals surface area contributed by atoms with Crippen LogP contribution < -0.4 is 4.31 Å². The molecule has 0 N–H and O–H groups in total. The lowest BCUT2D eigenvalue weighted by Gasteiger charge is -2.24. The molecule has 0 spiro atoms. The van der Waals surface area contributed by atoms with E-state index in [9.17, 15) is 13.2 Å². The molecular formula is C28H33NO3S. The van der Waals surface area contributed by atoms with Gasteiger partial charge in [-0.3, -0.25) is 4.79 Å². The molecule has 3 aromatic carbocycles. The molecular weight excluding hydrogens is 430 g/mol. The number of rotatable bonds is 7. The zero-order chi connectivity index (χ0) is 24.2. The number of benzene rings is 3. The highest BCUT2D eigenvalue weighted by atomic mass is 32.2. The summed E-state index contributed by atoms with van der Waals surface area (Å²) in [5.41, 5.74) is 3.74. The number of hydrogen-bond acceptors (Lipinski definition) is 3. The number of carbonyl (C=O) groups excluding carboxylic acids is 1. The van der Waals surface area contributed by atoms with Gasteiger partial charge in [0.2, 0.25) is 0 Å². The van der Waals surface area contributed by atoms with Gasteiger partial charge >= 0.3 is 0 Å². The Morgan fingerprint density at radius 3 is 1.94 bits per heavy atom. The van der Waals surface area contributed by atoms with Crippen molar-refractivity contribution in [3.63, 3.8) is 0 Å². The standard InChI is InChI=1S/C28H33NO3S/c1-6-7-8-22-11-17-25(18-12-22)29(33(31,32)26-19-9-21(2)10-20-26)27(30)23-13-15-24(16-14-23)28(3,4)5/h9-20H,6-8H2,1-5H3. The summed E-state index contributed by atoms with van der Waals surface area (Å²) in [4.78, 5) is 13.7. The molecule has 3 aromatic rings. The summed E-state index contributed by atoms with van der Waals surface area (Å²) in [6.07, 6.45) is 3.06. The van der Waals surface area contributed by atoms with Gasteiger partial charge in [0.1, 0.15) is 0 Å². The van der Waals surface area contributed by atoms with Gasteiger partial charge in [0.25, 0.3) is 15.9 Å². The average molecular weight is 464 g/mol.